The monoisotopic (exact) mass is 275 g/mol. The second kappa shape index (κ2) is 5.25. The molecule has 5 heteroatoms. The standard InChI is InChI=1S/C14H11ClFN3/c1-8-5-9(2)18-14(11(8)7-17)19-13-4-3-10(15)6-12(13)16/h3-6H,1-2H3,(H,18,19). The van der Waals surface area contributed by atoms with Gasteiger partial charge in [0.1, 0.15) is 17.7 Å². The lowest BCUT2D eigenvalue weighted by atomic mass is 10.1. The summed E-state index contributed by atoms with van der Waals surface area (Å²) in [6.07, 6.45) is 0. The van der Waals surface area contributed by atoms with Crippen LogP contribution in [0.15, 0.2) is 24.3 Å². The first-order valence-corrected chi connectivity index (χ1v) is 5.99. The maximum Gasteiger partial charge on any atom is 0.148 e. The summed E-state index contributed by atoms with van der Waals surface area (Å²) >= 11 is 5.69. The van der Waals surface area contributed by atoms with Gasteiger partial charge in [0.15, 0.2) is 0 Å². The van der Waals surface area contributed by atoms with Crippen molar-refractivity contribution in [3.63, 3.8) is 0 Å². The van der Waals surface area contributed by atoms with E-state index in [1.807, 2.05) is 19.9 Å². The first-order chi connectivity index (χ1) is 9.01. The third-order valence-corrected chi connectivity index (χ3v) is 2.88. The van der Waals surface area contributed by atoms with E-state index in [0.717, 1.165) is 11.3 Å². The average Bonchev–Trinajstić information content (AvgIpc) is 2.32. The average molecular weight is 276 g/mol. The van der Waals surface area contributed by atoms with Crippen molar-refractivity contribution in [1.82, 2.24) is 4.98 Å². The van der Waals surface area contributed by atoms with E-state index < -0.39 is 5.82 Å². The van der Waals surface area contributed by atoms with Crippen molar-refractivity contribution in [2.75, 3.05) is 5.32 Å². The number of rotatable bonds is 2. The van der Waals surface area contributed by atoms with Gasteiger partial charge in [0.2, 0.25) is 0 Å². The molecule has 0 saturated heterocycles. The first kappa shape index (κ1) is 13.3. The molecule has 19 heavy (non-hydrogen) atoms. The molecule has 0 atom stereocenters. The van der Waals surface area contributed by atoms with Gasteiger partial charge in [0.05, 0.1) is 11.3 Å². The van der Waals surface area contributed by atoms with Gasteiger partial charge in [-0.15, -0.1) is 0 Å². The van der Waals surface area contributed by atoms with Crippen molar-refractivity contribution >= 4 is 23.1 Å². The molecule has 96 valence electrons. The Bertz CT molecular complexity index is 677. The van der Waals surface area contributed by atoms with Gasteiger partial charge in [-0.05, 0) is 43.7 Å². The van der Waals surface area contributed by atoms with Gasteiger partial charge in [-0.3, -0.25) is 0 Å². The summed E-state index contributed by atoms with van der Waals surface area (Å²) in [4.78, 5) is 4.23. The molecule has 1 heterocycles. The number of aryl methyl sites for hydroxylation is 2. The van der Waals surface area contributed by atoms with Crippen molar-refractivity contribution in [2.24, 2.45) is 0 Å². The number of pyridine rings is 1. The van der Waals surface area contributed by atoms with Crippen molar-refractivity contribution in [1.29, 1.82) is 5.26 Å². The van der Waals surface area contributed by atoms with Crippen molar-refractivity contribution in [3.05, 3.63) is 51.9 Å². The molecule has 2 rings (SSSR count). The number of nitrogens with zero attached hydrogens (tertiary/aromatic N) is 2. The van der Waals surface area contributed by atoms with Gasteiger partial charge < -0.3 is 5.32 Å². The van der Waals surface area contributed by atoms with Crippen LogP contribution in [0.3, 0.4) is 0 Å². The highest BCUT2D eigenvalue weighted by Crippen LogP contribution is 2.25. The maximum absolute atomic E-state index is 13.7. The quantitative estimate of drug-likeness (QED) is 0.897. The van der Waals surface area contributed by atoms with E-state index in [4.69, 9.17) is 16.9 Å². The van der Waals surface area contributed by atoms with Crippen LogP contribution in [-0.2, 0) is 0 Å². The molecule has 1 N–H and O–H groups in total. The topological polar surface area (TPSA) is 48.7 Å². The van der Waals surface area contributed by atoms with E-state index >= 15 is 0 Å². The van der Waals surface area contributed by atoms with Crippen LogP contribution < -0.4 is 5.32 Å². The molecule has 0 spiro atoms. The predicted octanol–water partition coefficient (Wildman–Crippen LogP) is 4.11. The van der Waals surface area contributed by atoms with Gasteiger partial charge >= 0.3 is 0 Å². The first-order valence-electron chi connectivity index (χ1n) is 5.61. The Kier molecular flexibility index (Phi) is 3.68. The van der Waals surface area contributed by atoms with Crippen LogP contribution in [0.4, 0.5) is 15.9 Å². The molecule has 0 unspecified atom stereocenters. The van der Waals surface area contributed by atoms with Gasteiger partial charge in [-0.1, -0.05) is 11.6 Å². The van der Waals surface area contributed by atoms with Crippen LogP contribution in [0.25, 0.3) is 0 Å². The fourth-order valence-electron chi connectivity index (χ4n) is 1.79. The fraction of sp³-hybridized carbons (Fsp3) is 0.143. The van der Waals surface area contributed by atoms with Crippen molar-refractivity contribution in [3.8, 4) is 6.07 Å². The third kappa shape index (κ3) is 2.83. The van der Waals surface area contributed by atoms with E-state index in [9.17, 15) is 4.39 Å². The normalized spacial score (nSPS) is 10.1. The van der Waals surface area contributed by atoms with Crippen LogP contribution in [0.5, 0.6) is 0 Å². The van der Waals surface area contributed by atoms with Gasteiger partial charge in [-0.2, -0.15) is 5.26 Å². The van der Waals surface area contributed by atoms with E-state index in [-0.39, 0.29) is 5.69 Å². The van der Waals surface area contributed by atoms with Crippen LogP contribution in [0.2, 0.25) is 5.02 Å². The highest BCUT2D eigenvalue weighted by Gasteiger charge is 2.11. The molecule has 0 aliphatic heterocycles. The second-order valence-corrected chi connectivity index (χ2v) is 4.60. The molecule has 0 bridgehead atoms. The number of nitriles is 1. The van der Waals surface area contributed by atoms with E-state index in [2.05, 4.69) is 16.4 Å². The number of hydrogen-bond donors (Lipinski definition) is 1. The fourth-order valence-corrected chi connectivity index (χ4v) is 1.95. The zero-order valence-electron chi connectivity index (χ0n) is 10.5. The SMILES string of the molecule is Cc1cc(C)c(C#N)c(Nc2ccc(Cl)cc2F)n1. The molecule has 1 aromatic heterocycles. The number of anilines is 2. The molecule has 0 amide bonds. The number of nitrogens with one attached hydrogen (secondary N) is 1. The van der Waals surface area contributed by atoms with E-state index in [1.54, 1.807) is 6.07 Å². The molecular formula is C14H11ClFN3. The molecular weight excluding hydrogens is 265 g/mol. The molecule has 3 nitrogen and oxygen atoms in total. The van der Waals surface area contributed by atoms with Crippen LogP contribution in [0.1, 0.15) is 16.8 Å². The van der Waals surface area contributed by atoms with E-state index in [0.29, 0.717) is 16.4 Å². The Balaban J connectivity index is 2.46. The zero-order chi connectivity index (χ0) is 14.0. The van der Waals surface area contributed by atoms with E-state index in [1.165, 1.54) is 12.1 Å². The molecule has 0 aliphatic rings. The minimum atomic E-state index is -0.489. The van der Waals surface area contributed by atoms with Crippen LogP contribution >= 0.6 is 11.6 Å². The van der Waals surface area contributed by atoms with Crippen LogP contribution in [-0.4, -0.2) is 4.98 Å². The molecule has 0 fully saturated rings. The Morgan fingerprint density at radius 2 is 2.05 bits per heavy atom. The Morgan fingerprint density at radius 1 is 1.32 bits per heavy atom. The number of benzene rings is 1. The molecule has 0 radical (unpaired) electrons. The third-order valence-electron chi connectivity index (χ3n) is 2.64. The van der Waals surface area contributed by atoms with Crippen molar-refractivity contribution in [2.45, 2.75) is 13.8 Å². The lowest BCUT2D eigenvalue weighted by molar-refractivity contribution is 0.632. The number of aromatic nitrogens is 1. The summed E-state index contributed by atoms with van der Waals surface area (Å²) in [6.45, 7) is 3.63. The molecule has 1 aromatic carbocycles. The Hall–Kier alpha value is -2.12. The molecule has 0 aliphatic carbocycles. The predicted molar refractivity (Wildman–Crippen MR) is 73.1 cm³/mol. The zero-order valence-corrected chi connectivity index (χ0v) is 11.2. The number of hydrogen-bond acceptors (Lipinski definition) is 3. The number of halogens is 2. The molecule has 2 aromatic rings. The lowest BCUT2D eigenvalue weighted by Gasteiger charge is -2.11. The maximum atomic E-state index is 13.7. The summed E-state index contributed by atoms with van der Waals surface area (Å²) in [7, 11) is 0. The smallest absolute Gasteiger partial charge is 0.148 e. The van der Waals surface area contributed by atoms with Gasteiger partial charge in [-0.25, -0.2) is 9.37 Å². The highest BCUT2D eigenvalue weighted by atomic mass is 35.5. The highest BCUT2D eigenvalue weighted by molar-refractivity contribution is 6.30. The van der Waals surface area contributed by atoms with Crippen LogP contribution in [0, 0.1) is 31.0 Å². The lowest BCUT2D eigenvalue weighted by Crippen LogP contribution is -2.02. The Morgan fingerprint density at radius 3 is 2.68 bits per heavy atom. The minimum Gasteiger partial charge on any atom is -0.337 e. The summed E-state index contributed by atoms with van der Waals surface area (Å²) in [5.74, 6) is -0.140. The second-order valence-electron chi connectivity index (χ2n) is 4.17. The minimum absolute atomic E-state index is 0.235. The van der Waals surface area contributed by atoms with Gasteiger partial charge in [0, 0.05) is 10.7 Å². The largest absolute Gasteiger partial charge is 0.337 e. The summed E-state index contributed by atoms with van der Waals surface area (Å²) < 4.78 is 13.7. The summed E-state index contributed by atoms with van der Waals surface area (Å²) in [5, 5.41) is 12.3. The summed E-state index contributed by atoms with van der Waals surface area (Å²) in [5.41, 5.74) is 2.19. The van der Waals surface area contributed by atoms with Gasteiger partial charge in [0.25, 0.3) is 0 Å². The molecule has 0 saturated carbocycles. The summed E-state index contributed by atoms with van der Waals surface area (Å²) in [6, 6.07) is 8.17. The Labute approximate surface area is 115 Å². The van der Waals surface area contributed by atoms with Crippen molar-refractivity contribution < 1.29 is 4.39 Å².